The normalized spacial score (nSPS) is 50.2. The summed E-state index contributed by atoms with van der Waals surface area (Å²) in [6.45, 7) is 13.4. The van der Waals surface area contributed by atoms with Crippen molar-refractivity contribution in [3.63, 3.8) is 0 Å². The van der Waals surface area contributed by atoms with Crippen LogP contribution in [0.2, 0.25) is 0 Å². The van der Waals surface area contributed by atoms with Crippen molar-refractivity contribution in [3.8, 4) is 0 Å². The van der Waals surface area contributed by atoms with Gasteiger partial charge in [0, 0.05) is 42.1 Å². The number of ketones is 1. The van der Waals surface area contributed by atoms with E-state index in [0.29, 0.717) is 12.8 Å². The second-order valence-electron chi connectivity index (χ2n) is 13.8. The molecule has 1 saturated heterocycles. The van der Waals surface area contributed by atoms with E-state index < -0.39 is 51.7 Å². The van der Waals surface area contributed by atoms with Gasteiger partial charge in [-0.25, -0.2) is 0 Å². The lowest BCUT2D eigenvalue weighted by atomic mass is 9.35. The summed E-state index contributed by atoms with van der Waals surface area (Å²) in [6, 6.07) is 1.87. The Kier molecular flexibility index (Phi) is 5.29. The largest absolute Gasteiger partial charge is 0.472 e. The Morgan fingerprint density at radius 1 is 1.00 bits per heavy atom. The third kappa shape index (κ3) is 2.81. The van der Waals surface area contributed by atoms with Crippen LogP contribution < -0.4 is 0 Å². The smallest absolute Gasteiger partial charge is 0.302 e. The summed E-state index contributed by atoms with van der Waals surface area (Å²) in [5, 5.41) is 11.3. The number of carbonyl (C=O) groups is 3. The van der Waals surface area contributed by atoms with Gasteiger partial charge in [0.1, 0.15) is 23.9 Å². The lowest BCUT2D eigenvalue weighted by molar-refractivity contribution is -0.288. The summed E-state index contributed by atoms with van der Waals surface area (Å²) in [4.78, 5) is 38.8. The molecule has 1 aliphatic heterocycles. The van der Waals surface area contributed by atoms with Crippen LogP contribution in [0.15, 0.2) is 23.0 Å². The fourth-order valence-corrected chi connectivity index (χ4v) is 10.5. The van der Waals surface area contributed by atoms with Gasteiger partial charge < -0.3 is 23.7 Å². The average molecular weight is 529 g/mol. The molecule has 0 radical (unpaired) electrons. The van der Waals surface area contributed by atoms with Crippen LogP contribution >= 0.6 is 0 Å². The SMILES string of the molecule is CC(=O)O[C@H]1C[C@H](O)C(C)(C)[C@@H]2C[C@@H](OC(C)=O)[C@@]3(C)[C@@H](CC[C@]4(C)[C@@H](c5ccoc5)C(=O)[C@@H]5O[C@@]534)[C@@]12C. The van der Waals surface area contributed by atoms with Gasteiger partial charge in [-0.1, -0.05) is 34.6 Å². The summed E-state index contributed by atoms with van der Waals surface area (Å²) in [5.74, 6) is -1.23. The highest BCUT2D eigenvalue weighted by Gasteiger charge is 2.90. The molecule has 0 bridgehead atoms. The van der Waals surface area contributed by atoms with Crippen LogP contribution in [0.4, 0.5) is 0 Å². The highest BCUT2D eigenvalue weighted by atomic mass is 16.6. The lowest BCUT2D eigenvalue weighted by Gasteiger charge is -2.70. The van der Waals surface area contributed by atoms with Gasteiger partial charge >= 0.3 is 11.9 Å². The van der Waals surface area contributed by atoms with Crippen molar-refractivity contribution in [1.29, 1.82) is 0 Å². The second-order valence-corrected chi connectivity index (χ2v) is 13.8. The maximum absolute atomic E-state index is 13.9. The minimum Gasteiger partial charge on any atom is -0.472 e. The lowest BCUT2D eigenvalue weighted by Crippen LogP contribution is -2.74. The van der Waals surface area contributed by atoms with Crippen molar-refractivity contribution in [3.05, 3.63) is 24.2 Å². The van der Waals surface area contributed by atoms with Gasteiger partial charge in [0.2, 0.25) is 0 Å². The van der Waals surface area contributed by atoms with Crippen LogP contribution in [0.5, 0.6) is 0 Å². The van der Waals surface area contributed by atoms with E-state index in [1.54, 1.807) is 12.5 Å². The zero-order valence-corrected chi connectivity index (χ0v) is 23.4. The van der Waals surface area contributed by atoms with Crippen LogP contribution in [0.3, 0.4) is 0 Å². The monoisotopic (exact) mass is 528 g/mol. The van der Waals surface area contributed by atoms with Gasteiger partial charge in [-0.15, -0.1) is 0 Å². The molecule has 0 aromatic carbocycles. The maximum atomic E-state index is 13.9. The first-order valence-electron chi connectivity index (χ1n) is 13.9. The van der Waals surface area contributed by atoms with Gasteiger partial charge in [-0.05, 0) is 42.6 Å². The molecule has 11 atom stereocenters. The topological polar surface area (TPSA) is 116 Å². The van der Waals surface area contributed by atoms with Crippen LogP contribution in [-0.2, 0) is 28.6 Å². The minimum atomic E-state index is -0.822. The number of aliphatic hydroxyl groups is 1. The highest BCUT2D eigenvalue weighted by molar-refractivity contribution is 5.98. The predicted molar refractivity (Wildman–Crippen MR) is 135 cm³/mol. The number of epoxide rings is 1. The molecule has 1 aromatic rings. The number of carbonyl (C=O) groups excluding carboxylic acids is 3. The molecule has 38 heavy (non-hydrogen) atoms. The quantitative estimate of drug-likeness (QED) is 0.459. The van der Waals surface area contributed by atoms with Gasteiger partial charge in [-0.3, -0.25) is 14.4 Å². The van der Waals surface area contributed by atoms with Gasteiger partial charge in [0.25, 0.3) is 0 Å². The Balaban J connectivity index is 1.54. The molecule has 8 heteroatoms. The molecule has 5 fully saturated rings. The average Bonchev–Trinajstić information content (AvgIpc) is 3.30. The van der Waals surface area contributed by atoms with Crippen LogP contribution in [0.1, 0.15) is 85.6 Å². The number of furan rings is 1. The molecule has 4 saturated carbocycles. The molecule has 1 spiro atoms. The number of aliphatic hydroxyl groups excluding tert-OH is 1. The van der Waals surface area contributed by atoms with E-state index in [1.807, 2.05) is 6.07 Å². The standard InChI is InChI=1S/C30H40O8/c1-15(31)36-21-13-20(33)26(3,4)19-12-22(37-16(2)32)29(7)18(28(19,21)6)8-10-27(5)23(17-9-11-35-14-17)24(34)25-30(27,29)38-25/h9,11,14,18-23,25,33H,8,10,12-13H2,1-7H3/t18-,19-,20-,21-,22+,23-,25-,27+,28+,29+,30+/m0/s1. The maximum Gasteiger partial charge on any atom is 0.302 e. The third-order valence-corrected chi connectivity index (χ3v) is 12.1. The molecular weight excluding hydrogens is 488 g/mol. The molecule has 2 heterocycles. The van der Waals surface area contributed by atoms with Crippen molar-refractivity contribution >= 4 is 17.7 Å². The molecule has 6 rings (SSSR count). The van der Waals surface area contributed by atoms with Gasteiger partial charge in [0.15, 0.2) is 5.78 Å². The molecular formula is C30H40O8. The predicted octanol–water partition coefficient (Wildman–Crippen LogP) is 4.19. The van der Waals surface area contributed by atoms with E-state index in [-0.39, 0.29) is 35.5 Å². The first-order chi connectivity index (χ1) is 17.7. The van der Waals surface area contributed by atoms with E-state index in [4.69, 9.17) is 18.6 Å². The molecule has 0 amide bonds. The molecule has 1 N–H and O–H groups in total. The Bertz CT molecular complexity index is 1190. The number of rotatable bonds is 3. The second kappa shape index (κ2) is 7.72. The molecule has 4 aliphatic carbocycles. The van der Waals surface area contributed by atoms with Crippen molar-refractivity contribution in [2.75, 3.05) is 0 Å². The molecule has 8 nitrogen and oxygen atoms in total. The fraction of sp³-hybridized carbons (Fsp3) is 0.767. The van der Waals surface area contributed by atoms with Crippen LogP contribution in [-0.4, -0.2) is 52.8 Å². The van der Waals surface area contributed by atoms with E-state index in [9.17, 15) is 19.5 Å². The minimum absolute atomic E-state index is 0.0561. The Labute approximate surface area is 223 Å². The number of esters is 2. The number of hydrogen-bond donors (Lipinski definition) is 1. The Hall–Kier alpha value is -2.19. The summed E-state index contributed by atoms with van der Waals surface area (Å²) in [6.07, 6.45) is 3.28. The van der Waals surface area contributed by atoms with E-state index >= 15 is 0 Å². The third-order valence-electron chi connectivity index (χ3n) is 12.1. The van der Waals surface area contributed by atoms with Crippen molar-refractivity contribution in [2.45, 2.75) is 110 Å². The molecule has 1 aromatic heterocycles. The summed E-state index contributed by atoms with van der Waals surface area (Å²) >= 11 is 0. The summed E-state index contributed by atoms with van der Waals surface area (Å²) in [7, 11) is 0. The van der Waals surface area contributed by atoms with Crippen molar-refractivity contribution in [1.82, 2.24) is 0 Å². The zero-order valence-electron chi connectivity index (χ0n) is 23.4. The first-order valence-corrected chi connectivity index (χ1v) is 13.9. The van der Waals surface area contributed by atoms with E-state index in [1.165, 1.54) is 13.8 Å². The van der Waals surface area contributed by atoms with Gasteiger partial charge in [-0.2, -0.15) is 0 Å². The highest BCUT2D eigenvalue weighted by Crippen LogP contribution is 2.82. The van der Waals surface area contributed by atoms with Crippen molar-refractivity contribution < 1.29 is 38.1 Å². The molecule has 208 valence electrons. The van der Waals surface area contributed by atoms with Crippen molar-refractivity contribution in [2.24, 2.45) is 33.5 Å². The zero-order chi connectivity index (χ0) is 27.6. The molecule has 0 unspecified atom stereocenters. The number of fused-ring (bicyclic) bond motifs is 3. The summed E-state index contributed by atoms with van der Waals surface area (Å²) in [5.41, 5.74) is -2.23. The van der Waals surface area contributed by atoms with Gasteiger partial charge in [0.05, 0.1) is 24.5 Å². The van der Waals surface area contributed by atoms with Crippen LogP contribution in [0.25, 0.3) is 0 Å². The number of ether oxygens (including phenoxy) is 3. The number of Topliss-reactive ketones (excluding diaryl/α,β-unsaturated/α-hetero) is 1. The summed E-state index contributed by atoms with van der Waals surface area (Å²) < 4.78 is 24.1. The van der Waals surface area contributed by atoms with Crippen LogP contribution in [0, 0.1) is 33.5 Å². The Morgan fingerprint density at radius 2 is 1.66 bits per heavy atom. The van der Waals surface area contributed by atoms with E-state index in [0.717, 1.165) is 18.4 Å². The molecule has 5 aliphatic rings. The fourth-order valence-electron chi connectivity index (χ4n) is 10.5. The number of hydrogen-bond acceptors (Lipinski definition) is 8. The van der Waals surface area contributed by atoms with E-state index in [2.05, 4.69) is 34.6 Å². The Morgan fingerprint density at radius 3 is 2.26 bits per heavy atom. The first kappa shape index (κ1) is 26.1.